The van der Waals surface area contributed by atoms with Gasteiger partial charge in [0.25, 0.3) is 0 Å². The van der Waals surface area contributed by atoms with Crippen molar-refractivity contribution < 1.29 is 9.13 Å². The minimum absolute atomic E-state index is 0.348. The number of nitrogens with zero attached hydrogens (tertiary/aromatic N) is 6. The van der Waals surface area contributed by atoms with Crippen molar-refractivity contribution >= 4 is 5.82 Å². The van der Waals surface area contributed by atoms with Gasteiger partial charge in [0.05, 0.1) is 25.5 Å². The first kappa shape index (κ1) is 22.7. The number of rotatable bonds is 8. The molecule has 1 N–H and O–H groups in total. The van der Waals surface area contributed by atoms with Gasteiger partial charge in [-0.15, -0.1) is 5.10 Å². The lowest BCUT2D eigenvalue weighted by atomic mass is 9.85. The molecule has 1 aliphatic heterocycles. The summed E-state index contributed by atoms with van der Waals surface area (Å²) in [6.45, 7) is 4.77. The van der Waals surface area contributed by atoms with Crippen molar-refractivity contribution in [2.75, 3.05) is 31.6 Å². The number of anilines is 1. The summed E-state index contributed by atoms with van der Waals surface area (Å²) >= 11 is 0. The lowest BCUT2D eigenvalue weighted by molar-refractivity contribution is 0.280. The Morgan fingerprint density at radius 2 is 2.09 bits per heavy atom. The van der Waals surface area contributed by atoms with Gasteiger partial charge in [0.15, 0.2) is 0 Å². The highest BCUT2D eigenvalue weighted by molar-refractivity contribution is 5.58. The predicted molar refractivity (Wildman–Crippen MR) is 128 cm³/mol. The summed E-state index contributed by atoms with van der Waals surface area (Å²) in [4.78, 5) is 10.7. The topological polar surface area (TPSA) is 81.0 Å². The highest BCUT2D eigenvalue weighted by atomic mass is 19.1. The predicted octanol–water partition coefficient (Wildman–Crippen LogP) is 3.85. The summed E-state index contributed by atoms with van der Waals surface area (Å²) in [6, 6.07) is 5.68. The highest BCUT2D eigenvalue weighted by Gasteiger charge is 2.25. The fourth-order valence-electron chi connectivity index (χ4n) is 4.72. The van der Waals surface area contributed by atoms with Crippen molar-refractivity contribution in [3.05, 3.63) is 48.3 Å². The van der Waals surface area contributed by atoms with Gasteiger partial charge in [-0.05, 0) is 63.3 Å². The maximum Gasteiger partial charge on any atom is 0.220 e. The standard InChI is InChI=1S/C25H32FN7O/c1-17(33-16-23(30-31-33)19-11-21(34-2)14-27-13-19)22-8-9-24(29-25(22)26)32-10-4-7-20(15-32)28-12-18-5-3-6-18/h8-9,11,13-14,16-18,20,28H,3-7,10,12,15H2,1-2H3. The summed E-state index contributed by atoms with van der Waals surface area (Å²) in [5, 5.41) is 12.2. The summed E-state index contributed by atoms with van der Waals surface area (Å²) in [7, 11) is 1.59. The Bertz CT molecular complexity index is 1120. The molecule has 9 heteroatoms. The number of nitrogens with one attached hydrogen (secondary N) is 1. The second-order valence-electron chi connectivity index (χ2n) is 9.41. The van der Waals surface area contributed by atoms with E-state index in [-0.39, 0.29) is 6.04 Å². The molecule has 1 saturated carbocycles. The molecule has 2 aliphatic rings. The van der Waals surface area contributed by atoms with Crippen LogP contribution in [0.1, 0.15) is 50.6 Å². The van der Waals surface area contributed by atoms with E-state index in [4.69, 9.17) is 4.74 Å². The molecule has 8 nitrogen and oxygen atoms in total. The Morgan fingerprint density at radius 1 is 1.21 bits per heavy atom. The van der Waals surface area contributed by atoms with Crippen LogP contribution in [0.2, 0.25) is 0 Å². The molecule has 2 atom stereocenters. The molecule has 180 valence electrons. The minimum Gasteiger partial charge on any atom is -0.495 e. The van der Waals surface area contributed by atoms with Gasteiger partial charge in [0.2, 0.25) is 5.95 Å². The lowest BCUT2D eigenvalue weighted by Gasteiger charge is -2.36. The number of piperidine rings is 1. The second-order valence-corrected chi connectivity index (χ2v) is 9.41. The van der Waals surface area contributed by atoms with Crippen molar-refractivity contribution in [1.82, 2.24) is 30.3 Å². The lowest BCUT2D eigenvalue weighted by Crippen LogP contribution is -2.47. The average Bonchev–Trinajstić information content (AvgIpc) is 3.33. The van der Waals surface area contributed by atoms with Gasteiger partial charge < -0.3 is 15.0 Å². The Hall–Kier alpha value is -3.07. The molecule has 0 spiro atoms. The number of aromatic nitrogens is 5. The van der Waals surface area contributed by atoms with Crippen LogP contribution in [0.5, 0.6) is 5.75 Å². The van der Waals surface area contributed by atoms with Crippen molar-refractivity contribution in [2.45, 2.75) is 51.1 Å². The molecule has 0 amide bonds. The van der Waals surface area contributed by atoms with Crippen molar-refractivity contribution in [3.63, 3.8) is 0 Å². The fraction of sp³-hybridized carbons (Fsp3) is 0.520. The molecule has 3 aromatic heterocycles. The molecule has 3 aromatic rings. The molecule has 1 saturated heterocycles. The summed E-state index contributed by atoms with van der Waals surface area (Å²) < 4.78 is 22.0. The van der Waals surface area contributed by atoms with Crippen LogP contribution in [0.15, 0.2) is 36.8 Å². The fourth-order valence-corrected chi connectivity index (χ4v) is 4.72. The average molecular weight is 466 g/mol. The molecule has 0 bridgehead atoms. The molecule has 2 fully saturated rings. The van der Waals surface area contributed by atoms with E-state index in [1.807, 2.05) is 25.1 Å². The zero-order valence-electron chi connectivity index (χ0n) is 19.8. The van der Waals surface area contributed by atoms with E-state index in [9.17, 15) is 0 Å². The van der Waals surface area contributed by atoms with Gasteiger partial charge in [0, 0.05) is 36.5 Å². The first-order valence-corrected chi connectivity index (χ1v) is 12.2. The van der Waals surface area contributed by atoms with E-state index in [1.54, 1.807) is 30.4 Å². The van der Waals surface area contributed by atoms with Gasteiger partial charge >= 0.3 is 0 Å². The number of ether oxygens (including phenoxy) is 1. The third-order valence-corrected chi connectivity index (χ3v) is 7.13. The van der Waals surface area contributed by atoms with Crippen LogP contribution in [-0.4, -0.2) is 57.7 Å². The van der Waals surface area contributed by atoms with Crippen LogP contribution in [0.3, 0.4) is 0 Å². The Labute approximate surface area is 199 Å². The molecule has 4 heterocycles. The molecule has 2 unspecified atom stereocenters. The smallest absolute Gasteiger partial charge is 0.220 e. The van der Waals surface area contributed by atoms with Gasteiger partial charge in [-0.25, -0.2) is 9.67 Å². The maximum atomic E-state index is 15.1. The van der Waals surface area contributed by atoms with Crippen molar-refractivity contribution in [2.24, 2.45) is 5.92 Å². The third kappa shape index (κ3) is 4.89. The molecular weight excluding hydrogens is 433 g/mol. The van der Waals surface area contributed by atoms with Crippen molar-refractivity contribution in [3.8, 4) is 17.0 Å². The normalized spacial score (nSPS) is 19.6. The first-order valence-electron chi connectivity index (χ1n) is 12.2. The van der Waals surface area contributed by atoms with Gasteiger partial charge in [-0.1, -0.05) is 11.6 Å². The van der Waals surface area contributed by atoms with Crippen LogP contribution in [0.25, 0.3) is 11.3 Å². The van der Waals surface area contributed by atoms with E-state index < -0.39 is 5.95 Å². The number of hydrogen-bond donors (Lipinski definition) is 1. The highest BCUT2D eigenvalue weighted by Crippen LogP contribution is 2.28. The van der Waals surface area contributed by atoms with Crippen molar-refractivity contribution in [1.29, 1.82) is 0 Å². The zero-order chi connectivity index (χ0) is 23.5. The monoisotopic (exact) mass is 465 g/mol. The number of methoxy groups -OCH3 is 1. The van der Waals surface area contributed by atoms with E-state index in [0.717, 1.165) is 44.0 Å². The zero-order valence-corrected chi connectivity index (χ0v) is 19.8. The molecule has 5 rings (SSSR count). The summed E-state index contributed by atoms with van der Waals surface area (Å²) in [5.74, 6) is 1.72. The first-order chi connectivity index (χ1) is 16.6. The summed E-state index contributed by atoms with van der Waals surface area (Å²) in [6.07, 6.45) is 11.4. The quantitative estimate of drug-likeness (QED) is 0.506. The molecular formula is C25H32FN7O. The van der Waals surface area contributed by atoms with E-state index in [2.05, 4.69) is 30.5 Å². The molecule has 34 heavy (non-hydrogen) atoms. The Balaban J connectivity index is 1.26. The third-order valence-electron chi connectivity index (χ3n) is 7.13. The number of hydrogen-bond acceptors (Lipinski definition) is 7. The Morgan fingerprint density at radius 3 is 2.85 bits per heavy atom. The van der Waals surface area contributed by atoms with Crippen LogP contribution >= 0.6 is 0 Å². The van der Waals surface area contributed by atoms with E-state index in [0.29, 0.717) is 28.9 Å². The van der Waals surface area contributed by atoms with Gasteiger partial charge in [-0.3, -0.25) is 4.98 Å². The largest absolute Gasteiger partial charge is 0.495 e. The van der Waals surface area contributed by atoms with Crippen LogP contribution < -0.4 is 15.0 Å². The number of pyridine rings is 2. The van der Waals surface area contributed by atoms with Gasteiger partial charge in [0.1, 0.15) is 17.3 Å². The SMILES string of the molecule is COc1cncc(-c2cn(C(C)c3ccc(N4CCCC(NCC5CCC5)C4)nc3F)nn2)c1. The molecule has 1 aliphatic carbocycles. The minimum atomic E-state index is -0.463. The van der Waals surface area contributed by atoms with E-state index in [1.165, 1.54) is 19.3 Å². The summed E-state index contributed by atoms with van der Waals surface area (Å²) in [5.41, 5.74) is 1.93. The maximum absolute atomic E-state index is 15.1. The second kappa shape index (κ2) is 10.0. The van der Waals surface area contributed by atoms with Crippen LogP contribution in [-0.2, 0) is 0 Å². The number of halogens is 1. The van der Waals surface area contributed by atoms with Gasteiger partial charge in [-0.2, -0.15) is 4.39 Å². The molecule has 0 aromatic carbocycles. The molecule has 0 radical (unpaired) electrons. The van der Waals surface area contributed by atoms with E-state index >= 15 is 4.39 Å². The van der Waals surface area contributed by atoms with Crippen LogP contribution in [0.4, 0.5) is 10.2 Å². The van der Waals surface area contributed by atoms with Crippen LogP contribution in [0, 0.1) is 11.9 Å². The Kier molecular flexibility index (Phi) is 6.71.